The third-order valence-electron chi connectivity index (χ3n) is 2.30. The van der Waals surface area contributed by atoms with Gasteiger partial charge in [-0.15, -0.1) is 0 Å². The first kappa shape index (κ1) is 8.05. The lowest BCUT2D eigenvalue weighted by Crippen LogP contribution is -2.13. The molecule has 0 bridgehead atoms. The summed E-state index contributed by atoms with van der Waals surface area (Å²) in [6.07, 6.45) is 3.14. The summed E-state index contributed by atoms with van der Waals surface area (Å²) in [4.78, 5) is 22.4. The Labute approximate surface area is 82.8 Å². The zero-order valence-electron chi connectivity index (χ0n) is 7.58. The molecule has 0 saturated heterocycles. The maximum Gasteiger partial charge on any atom is 0.442 e. The molecule has 0 unspecified atom stereocenters. The van der Waals surface area contributed by atoms with E-state index in [2.05, 4.69) is 4.42 Å². The number of hydrogen-bond acceptors (Lipinski definition) is 3. The Kier molecular flexibility index (Phi) is 1.39. The predicted molar refractivity (Wildman–Crippen MR) is 53.2 cm³/mol. The van der Waals surface area contributed by atoms with Gasteiger partial charge in [-0.1, -0.05) is 24.3 Å². The fourth-order valence-corrected chi connectivity index (χ4v) is 1.58. The predicted octanol–water partition coefficient (Wildman–Crippen LogP) is 0.505. The van der Waals surface area contributed by atoms with E-state index in [-0.39, 0.29) is 0 Å². The lowest BCUT2D eigenvalue weighted by molar-refractivity contribution is 0.471. The molecule has 3 aromatic rings. The quantitative estimate of drug-likeness (QED) is 0.533. The number of nitrogens with zero attached hydrogens (tertiary/aromatic N) is 2. The second-order valence-corrected chi connectivity index (χ2v) is 3.21. The molecule has 5 heteroatoms. The molecule has 0 aliphatic carbocycles. The summed E-state index contributed by atoms with van der Waals surface area (Å²) in [5, 5.41) is 1.75. The van der Waals surface area contributed by atoms with E-state index in [0.29, 0.717) is 0 Å². The molecule has 0 N–H and O–H groups in total. The van der Waals surface area contributed by atoms with Gasteiger partial charge in [-0.3, -0.25) is 0 Å². The van der Waals surface area contributed by atoms with Gasteiger partial charge in [0.25, 0.3) is 0 Å². The molecule has 74 valence electrons. The fourth-order valence-electron chi connectivity index (χ4n) is 1.58. The second-order valence-electron chi connectivity index (χ2n) is 3.21. The smallest absolute Gasteiger partial charge is 0.356 e. The van der Waals surface area contributed by atoms with Crippen LogP contribution in [0.4, 0.5) is 0 Å². The summed E-state index contributed by atoms with van der Waals surface area (Å²) < 4.78 is 6.74. The van der Waals surface area contributed by atoms with Crippen LogP contribution in [0.15, 0.2) is 50.7 Å². The summed E-state index contributed by atoms with van der Waals surface area (Å²) in [5.41, 5.74) is 0. The molecule has 2 heterocycles. The van der Waals surface area contributed by atoms with Crippen molar-refractivity contribution in [2.75, 3.05) is 0 Å². The normalized spacial score (nSPS) is 11.2. The molecule has 3 rings (SSSR count). The van der Waals surface area contributed by atoms with E-state index in [9.17, 15) is 9.59 Å². The number of benzene rings is 1. The van der Waals surface area contributed by atoms with Gasteiger partial charge in [0, 0.05) is 23.2 Å². The second kappa shape index (κ2) is 2.60. The summed E-state index contributed by atoms with van der Waals surface area (Å²) in [6.45, 7) is 0. The van der Waals surface area contributed by atoms with Gasteiger partial charge in [-0.05, 0) is 0 Å². The Balaban J connectivity index is 2.67. The van der Waals surface area contributed by atoms with E-state index in [0.717, 1.165) is 19.8 Å². The Morgan fingerprint density at radius 3 is 1.80 bits per heavy atom. The first-order valence-electron chi connectivity index (χ1n) is 4.38. The molecule has 2 aromatic heterocycles. The highest BCUT2D eigenvalue weighted by Gasteiger charge is 2.04. The molecular weight excluding hydrogens is 196 g/mol. The van der Waals surface area contributed by atoms with Gasteiger partial charge in [0.15, 0.2) is 0 Å². The van der Waals surface area contributed by atoms with Crippen LogP contribution < -0.4 is 11.5 Å². The SMILES string of the molecule is O=c1oc(=O)n2cc3ccccc3cn12. The molecule has 0 spiro atoms. The van der Waals surface area contributed by atoms with E-state index in [4.69, 9.17) is 0 Å². The molecule has 5 nitrogen and oxygen atoms in total. The van der Waals surface area contributed by atoms with Crippen LogP contribution in [0, 0.1) is 0 Å². The molecule has 15 heavy (non-hydrogen) atoms. The van der Waals surface area contributed by atoms with Crippen LogP contribution in [0.2, 0.25) is 0 Å². The number of rotatable bonds is 0. The Hall–Kier alpha value is -2.30. The van der Waals surface area contributed by atoms with Gasteiger partial charge >= 0.3 is 11.5 Å². The minimum Gasteiger partial charge on any atom is -0.356 e. The third kappa shape index (κ3) is 1.03. The van der Waals surface area contributed by atoms with Crippen molar-refractivity contribution in [1.82, 2.24) is 9.03 Å². The third-order valence-corrected chi connectivity index (χ3v) is 2.30. The highest BCUT2D eigenvalue weighted by atomic mass is 16.5. The van der Waals surface area contributed by atoms with Crippen molar-refractivity contribution < 1.29 is 4.42 Å². The van der Waals surface area contributed by atoms with Crippen molar-refractivity contribution in [1.29, 1.82) is 0 Å². The summed E-state index contributed by atoms with van der Waals surface area (Å²) >= 11 is 0. The highest BCUT2D eigenvalue weighted by molar-refractivity contribution is 5.80. The van der Waals surface area contributed by atoms with Crippen LogP contribution >= 0.6 is 0 Å². The lowest BCUT2D eigenvalue weighted by atomic mass is 10.2. The summed E-state index contributed by atoms with van der Waals surface area (Å²) in [6, 6.07) is 7.45. The van der Waals surface area contributed by atoms with Crippen molar-refractivity contribution in [3.63, 3.8) is 0 Å². The Morgan fingerprint density at radius 2 is 1.33 bits per heavy atom. The van der Waals surface area contributed by atoms with E-state index in [1.54, 1.807) is 12.4 Å². The molecule has 1 aromatic carbocycles. The van der Waals surface area contributed by atoms with Gasteiger partial charge in [-0.25, -0.2) is 9.59 Å². The van der Waals surface area contributed by atoms with Crippen molar-refractivity contribution in [3.05, 3.63) is 57.8 Å². The standard InChI is InChI=1S/C10H6N2O3/c13-9-11-5-7-3-1-2-4-8(7)6-12(11)10(14)15-9/h1-6H. The minimum absolute atomic E-state index is 0.675. The van der Waals surface area contributed by atoms with Crippen molar-refractivity contribution in [3.8, 4) is 0 Å². The number of aromatic nitrogens is 2. The van der Waals surface area contributed by atoms with Crippen LogP contribution in [0.5, 0.6) is 0 Å². The van der Waals surface area contributed by atoms with Crippen LogP contribution in [0.3, 0.4) is 0 Å². The minimum atomic E-state index is -0.675. The van der Waals surface area contributed by atoms with Crippen LogP contribution in [0.25, 0.3) is 10.8 Å². The molecule has 0 atom stereocenters. The Morgan fingerprint density at radius 1 is 0.867 bits per heavy atom. The number of fused-ring (bicyclic) bond motifs is 2. The zero-order chi connectivity index (χ0) is 10.4. The lowest BCUT2D eigenvalue weighted by Gasteiger charge is -1.98. The summed E-state index contributed by atoms with van der Waals surface area (Å²) in [7, 11) is 0. The molecular formula is C10H6N2O3. The van der Waals surface area contributed by atoms with Crippen LogP contribution in [-0.4, -0.2) is 9.03 Å². The fraction of sp³-hybridized carbons (Fsp3) is 0. The summed E-state index contributed by atoms with van der Waals surface area (Å²) in [5.74, 6) is -1.35. The van der Waals surface area contributed by atoms with Gasteiger partial charge in [0.1, 0.15) is 0 Å². The molecule has 0 aliphatic rings. The topological polar surface area (TPSA) is 56.1 Å². The molecule has 0 saturated carbocycles. The van der Waals surface area contributed by atoms with Gasteiger partial charge in [0.05, 0.1) is 0 Å². The first-order valence-corrected chi connectivity index (χ1v) is 4.38. The largest absolute Gasteiger partial charge is 0.442 e. The molecule has 0 amide bonds. The average Bonchev–Trinajstić information content (AvgIpc) is 2.52. The molecule has 0 radical (unpaired) electrons. The van der Waals surface area contributed by atoms with Gasteiger partial charge in [0.2, 0.25) is 0 Å². The van der Waals surface area contributed by atoms with Crippen molar-refractivity contribution >= 4 is 10.8 Å². The maximum atomic E-state index is 11.2. The van der Waals surface area contributed by atoms with Crippen LogP contribution in [0.1, 0.15) is 0 Å². The highest BCUT2D eigenvalue weighted by Crippen LogP contribution is 2.10. The van der Waals surface area contributed by atoms with Gasteiger partial charge < -0.3 is 4.42 Å². The van der Waals surface area contributed by atoms with E-state index >= 15 is 0 Å². The van der Waals surface area contributed by atoms with Crippen molar-refractivity contribution in [2.24, 2.45) is 0 Å². The Bertz CT molecular complexity index is 700. The average molecular weight is 202 g/mol. The van der Waals surface area contributed by atoms with E-state index in [1.165, 1.54) is 0 Å². The van der Waals surface area contributed by atoms with Crippen LogP contribution in [-0.2, 0) is 0 Å². The first-order chi connectivity index (χ1) is 7.25. The van der Waals surface area contributed by atoms with E-state index < -0.39 is 11.5 Å². The maximum absolute atomic E-state index is 11.2. The van der Waals surface area contributed by atoms with Crippen molar-refractivity contribution in [2.45, 2.75) is 0 Å². The molecule has 0 fully saturated rings. The zero-order valence-corrected chi connectivity index (χ0v) is 7.58. The monoisotopic (exact) mass is 202 g/mol. The van der Waals surface area contributed by atoms with E-state index in [1.807, 2.05) is 24.3 Å². The molecule has 0 aliphatic heterocycles. The van der Waals surface area contributed by atoms with Gasteiger partial charge in [-0.2, -0.15) is 9.03 Å². The number of hydrogen-bond donors (Lipinski definition) is 0.